The first-order valence-electron chi connectivity index (χ1n) is 13.2. The first-order chi connectivity index (χ1) is 18.7. The summed E-state index contributed by atoms with van der Waals surface area (Å²) in [7, 11) is 0. The number of ether oxygens (including phenoxy) is 4. The number of aliphatic hydroxyl groups is 1. The van der Waals surface area contributed by atoms with Gasteiger partial charge in [-0.25, -0.2) is 0 Å². The minimum atomic E-state index is -2.00. The number of hydrogen-bond acceptors (Lipinski definition) is 7. The second-order valence-corrected chi connectivity index (χ2v) is 12.5. The Morgan fingerprint density at radius 3 is 2.18 bits per heavy atom. The summed E-state index contributed by atoms with van der Waals surface area (Å²) in [6.07, 6.45) is 1.64. The highest BCUT2D eigenvalue weighted by molar-refractivity contribution is 6.76. The first-order valence-corrected chi connectivity index (χ1v) is 14.3. The Labute approximate surface area is 243 Å². The number of piperidine rings is 1. The number of hydrogen-bond donors (Lipinski definition) is 2. The van der Waals surface area contributed by atoms with Gasteiger partial charge in [0.1, 0.15) is 0 Å². The third-order valence-corrected chi connectivity index (χ3v) is 7.99. The maximum atomic E-state index is 11.9. The van der Waals surface area contributed by atoms with E-state index in [2.05, 4.69) is 10.2 Å². The van der Waals surface area contributed by atoms with Crippen LogP contribution in [0.1, 0.15) is 53.9 Å². The number of nitrogens with zero attached hydrogens (tertiary/aromatic N) is 1. The monoisotopic (exact) mass is 598 g/mol. The molecular weight excluding hydrogens is 567 g/mol. The van der Waals surface area contributed by atoms with Crippen molar-refractivity contribution in [2.24, 2.45) is 0 Å². The van der Waals surface area contributed by atoms with E-state index >= 15 is 0 Å². The minimum Gasteiger partial charge on any atom is -0.392 e. The van der Waals surface area contributed by atoms with Crippen LogP contribution in [0.25, 0.3) is 0 Å². The van der Waals surface area contributed by atoms with Crippen molar-refractivity contribution in [2.45, 2.75) is 60.5 Å². The van der Waals surface area contributed by atoms with Crippen molar-refractivity contribution in [3.63, 3.8) is 0 Å². The molecule has 2 aromatic rings. The van der Waals surface area contributed by atoms with E-state index in [1.165, 1.54) is 0 Å². The molecule has 3 saturated heterocycles. The Morgan fingerprint density at radius 1 is 0.949 bits per heavy atom. The van der Waals surface area contributed by atoms with E-state index in [4.69, 9.17) is 53.8 Å². The van der Waals surface area contributed by atoms with E-state index < -0.39 is 21.8 Å². The molecular formula is C28H33Cl3N2O6. The normalized spacial score (nSPS) is 25.6. The molecule has 0 aliphatic carbocycles. The average molecular weight is 600 g/mol. The third-order valence-electron chi connectivity index (χ3n) is 7.47. The Morgan fingerprint density at radius 2 is 1.56 bits per heavy atom. The van der Waals surface area contributed by atoms with Crippen LogP contribution in [-0.2, 0) is 36.9 Å². The fraction of sp³-hybridized carbons (Fsp3) is 0.536. The van der Waals surface area contributed by atoms with E-state index in [-0.39, 0.29) is 25.4 Å². The SMILES string of the molecule is O=C(NCc1ccc(C2OC(CN3CCC4(CC3)OCCO4)CC(c3ccc(CO)cc3)O2)cc1)C(Cl)(Cl)Cl. The second kappa shape index (κ2) is 12.6. The first kappa shape index (κ1) is 29.0. The second-order valence-electron chi connectivity index (χ2n) is 10.2. The summed E-state index contributed by atoms with van der Waals surface area (Å²) in [5.74, 6) is -1.09. The zero-order valence-electron chi connectivity index (χ0n) is 21.5. The number of rotatable bonds is 7. The lowest BCUT2D eigenvalue weighted by Crippen LogP contribution is -2.48. The van der Waals surface area contributed by atoms with Crippen molar-refractivity contribution in [1.82, 2.24) is 10.2 Å². The van der Waals surface area contributed by atoms with Crippen LogP contribution in [0.3, 0.4) is 0 Å². The lowest BCUT2D eigenvalue weighted by atomic mass is 9.98. The molecule has 3 unspecified atom stereocenters. The summed E-state index contributed by atoms with van der Waals surface area (Å²) < 4.78 is 22.7. The number of nitrogens with one attached hydrogen (secondary N) is 1. The molecule has 3 aliphatic rings. The molecule has 3 fully saturated rings. The van der Waals surface area contributed by atoms with Gasteiger partial charge < -0.3 is 34.3 Å². The molecule has 2 N–H and O–H groups in total. The van der Waals surface area contributed by atoms with Crippen molar-refractivity contribution in [3.05, 3.63) is 70.8 Å². The van der Waals surface area contributed by atoms with Crippen LogP contribution in [0.2, 0.25) is 0 Å². The highest BCUT2D eigenvalue weighted by atomic mass is 35.6. The number of likely N-dealkylation sites (tertiary alicyclic amines) is 1. The van der Waals surface area contributed by atoms with E-state index in [1.807, 2.05) is 48.5 Å². The quantitative estimate of drug-likeness (QED) is 0.452. The van der Waals surface area contributed by atoms with Gasteiger partial charge in [-0.15, -0.1) is 0 Å². The van der Waals surface area contributed by atoms with Crippen molar-refractivity contribution < 1.29 is 28.8 Å². The highest BCUT2D eigenvalue weighted by Gasteiger charge is 2.41. The Bertz CT molecular complexity index is 1100. The summed E-state index contributed by atoms with van der Waals surface area (Å²) in [4.78, 5) is 14.3. The number of amides is 1. The van der Waals surface area contributed by atoms with Crippen molar-refractivity contribution in [3.8, 4) is 0 Å². The molecule has 1 amide bonds. The molecule has 8 nitrogen and oxygen atoms in total. The average Bonchev–Trinajstić information content (AvgIpc) is 3.40. The lowest BCUT2D eigenvalue weighted by molar-refractivity contribution is -0.255. The van der Waals surface area contributed by atoms with Gasteiger partial charge in [0, 0.05) is 51.0 Å². The maximum absolute atomic E-state index is 11.9. The van der Waals surface area contributed by atoms with Crippen LogP contribution < -0.4 is 5.32 Å². The van der Waals surface area contributed by atoms with Gasteiger partial charge in [-0.3, -0.25) is 4.79 Å². The molecule has 3 atom stereocenters. The summed E-state index contributed by atoms with van der Waals surface area (Å²) in [5.41, 5.74) is 3.62. The number of benzene rings is 2. The summed E-state index contributed by atoms with van der Waals surface area (Å²) in [6.45, 7) is 4.11. The molecule has 0 radical (unpaired) electrons. The topological polar surface area (TPSA) is 89.5 Å². The zero-order chi connectivity index (χ0) is 27.5. The molecule has 2 aromatic carbocycles. The van der Waals surface area contributed by atoms with Gasteiger partial charge in [-0.2, -0.15) is 0 Å². The minimum absolute atomic E-state index is 0.00148. The molecule has 11 heteroatoms. The van der Waals surface area contributed by atoms with Gasteiger partial charge in [0.2, 0.25) is 0 Å². The van der Waals surface area contributed by atoms with Crippen LogP contribution in [0, 0.1) is 0 Å². The molecule has 0 saturated carbocycles. The summed E-state index contributed by atoms with van der Waals surface area (Å²) >= 11 is 16.9. The van der Waals surface area contributed by atoms with E-state index in [9.17, 15) is 9.90 Å². The lowest BCUT2D eigenvalue weighted by Gasteiger charge is -2.41. The van der Waals surface area contributed by atoms with Gasteiger partial charge in [0.05, 0.1) is 32.0 Å². The Hall–Kier alpha value is -1.46. The van der Waals surface area contributed by atoms with Crippen LogP contribution in [0.4, 0.5) is 0 Å². The molecule has 212 valence electrons. The van der Waals surface area contributed by atoms with Crippen molar-refractivity contribution in [1.29, 1.82) is 0 Å². The van der Waals surface area contributed by atoms with E-state index in [0.717, 1.165) is 54.7 Å². The summed E-state index contributed by atoms with van der Waals surface area (Å²) in [5, 5.41) is 12.1. The van der Waals surface area contributed by atoms with Crippen molar-refractivity contribution >= 4 is 40.7 Å². The molecule has 3 aliphatic heterocycles. The van der Waals surface area contributed by atoms with Crippen LogP contribution in [0.5, 0.6) is 0 Å². The molecule has 39 heavy (non-hydrogen) atoms. The predicted octanol–water partition coefficient (Wildman–Crippen LogP) is 4.55. The van der Waals surface area contributed by atoms with Crippen molar-refractivity contribution in [2.75, 3.05) is 32.8 Å². The molecule has 1 spiro atoms. The van der Waals surface area contributed by atoms with E-state index in [0.29, 0.717) is 19.6 Å². The summed E-state index contributed by atoms with van der Waals surface area (Å²) in [6, 6.07) is 15.5. The number of carbonyl (C=O) groups is 1. The highest BCUT2D eigenvalue weighted by Crippen LogP contribution is 2.39. The van der Waals surface area contributed by atoms with Gasteiger partial charge >= 0.3 is 0 Å². The standard InChI is InChI=1S/C28H33Cl3N2O6/c29-28(30,31)26(35)32-16-19-1-7-22(8-2-19)25-38-23(15-24(39-25)21-5-3-20(18-34)4-6-21)17-33-11-9-27(10-12-33)36-13-14-37-27/h1-8,23-25,34H,9-18H2,(H,32,35). The van der Waals surface area contributed by atoms with Gasteiger partial charge in [-0.05, 0) is 16.7 Å². The van der Waals surface area contributed by atoms with Crippen LogP contribution >= 0.6 is 34.8 Å². The van der Waals surface area contributed by atoms with E-state index in [1.54, 1.807) is 0 Å². The molecule has 5 rings (SSSR count). The number of halogens is 3. The van der Waals surface area contributed by atoms with Gasteiger partial charge in [0.15, 0.2) is 12.1 Å². The van der Waals surface area contributed by atoms with Gasteiger partial charge in [0.25, 0.3) is 9.70 Å². The molecule has 0 bridgehead atoms. The number of aliphatic hydroxyl groups excluding tert-OH is 1. The maximum Gasteiger partial charge on any atom is 0.272 e. The van der Waals surface area contributed by atoms with Crippen LogP contribution in [0.15, 0.2) is 48.5 Å². The predicted molar refractivity (Wildman–Crippen MR) is 147 cm³/mol. The number of carbonyl (C=O) groups excluding carboxylic acids is 1. The zero-order valence-corrected chi connectivity index (χ0v) is 23.8. The fourth-order valence-electron chi connectivity index (χ4n) is 5.26. The largest absolute Gasteiger partial charge is 0.392 e. The molecule has 3 heterocycles. The number of alkyl halides is 3. The van der Waals surface area contributed by atoms with Gasteiger partial charge in [-0.1, -0.05) is 83.3 Å². The smallest absolute Gasteiger partial charge is 0.272 e. The Kier molecular flexibility index (Phi) is 9.38. The van der Waals surface area contributed by atoms with Crippen LogP contribution in [-0.4, -0.2) is 64.4 Å². The fourth-order valence-corrected chi connectivity index (χ4v) is 5.46. The Balaban J connectivity index is 1.26. The molecule has 0 aromatic heterocycles. The third kappa shape index (κ3) is 7.44.